The first-order valence-electron chi connectivity index (χ1n) is 6.57. The van der Waals surface area contributed by atoms with Crippen LogP contribution in [0.1, 0.15) is 40.5 Å². The summed E-state index contributed by atoms with van der Waals surface area (Å²) in [6, 6.07) is 2.03. The Morgan fingerprint density at radius 2 is 2.00 bits per heavy atom. The van der Waals surface area contributed by atoms with Crippen LogP contribution in [-0.2, 0) is 14.0 Å². The summed E-state index contributed by atoms with van der Waals surface area (Å²) in [5.74, 6) is -0.335. The Hall–Kier alpha value is -0.613. The van der Waals surface area contributed by atoms with Gasteiger partial charge in [-0.3, -0.25) is 0 Å². The molecule has 4 heteroatoms. The van der Waals surface area contributed by atoms with Gasteiger partial charge in [-0.2, -0.15) is 0 Å². The van der Waals surface area contributed by atoms with Gasteiger partial charge < -0.3 is 9.16 Å². The average Bonchev–Trinajstić information content (AvgIpc) is 2.35. The highest BCUT2D eigenvalue weighted by atomic mass is 28.4. The van der Waals surface area contributed by atoms with Crippen LogP contribution < -0.4 is 0 Å². The molecule has 0 saturated carbocycles. The summed E-state index contributed by atoms with van der Waals surface area (Å²) in [7, 11) is -1.97. The molecule has 17 heavy (non-hydrogen) atoms. The third-order valence-corrected chi connectivity index (χ3v) is 8.19. The van der Waals surface area contributed by atoms with E-state index in [1.807, 2.05) is 13.8 Å². The SMILES string of the molecule is C=CC(=O)OC(CC)[Si](CC)(CCC)OCC. The first-order valence-corrected chi connectivity index (χ1v) is 8.97. The maximum absolute atomic E-state index is 11.4. The fraction of sp³-hybridized carbons (Fsp3) is 0.769. The zero-order valence-corrected chi connectivity index (χ0v) is 12.6. The van der Waals surface area contributed by atoms with Crippen LogP contribution >= 0.6 is 0 Å². The Morgan fingerprint density at radius 3 is 2.35 bits per heavy atom. The highest BCUT2D eigenvalue weighted by Crippen LogP contribution is 2.27. The summed E-state index contributed by atoms with van der Waals surface area (Å²) in [4.78, 5) is 11.4. The highest BCUT2D eigenvalue weighted by Gasteiger charge is 2.42. The van der Waals surface area contributed by atoms with Gasteiger partial charge in [0, 0.05) is 12.7 Å². The van der Waals surface area contributed by atoms with Gasteiger partial charge in [0.05, 0.1) is 0 Å². The van der Waals surface area contributed by atoms with Crippen LogP contribution in [0, 0.1) is 0 Å². The number of carbonyl (C=O) groups excluding carboxylic acids is 1. The van der Waals surface area contributed by atoms with Crippen molar-refractivity contribution in [1.82, 2.24) is 0 Å². The zero-order chi connectivity index (χ0) is 13.3. The molecule has 0 spiro atoms. The Labute approximate surface area is 106 Å². The summed E-state index contributed by atoms with van der Waals surface area (Å²) in [5.41, 5.74) is -0.0575. The molecule has 0 saturated heterocycles. The van der Waals surface area contributed by atoms with Gasteiger partial charge in [-0.1, -0.05) is 33.8 Å². The van der Waals surface area contributed by atoms with Gasteiger partial charge >= 0.3 is 5.97 Å². The lowest BCUT2D eigenvalue weighted by atomic mass is 10.5. The van der Waals surface area contributed by atoms with E-state index in [4.69, 9.17) is 9.16 Å². The zero-order valence-electron chi connectivity index (χ0n) is 11.6. The summed E-state index contributed by atoms with van der Waals surface area (Å²) < 4.78 is 11.5. The van der Waals surface area contributed by atoms with Crippen molar-refractivity contribution in [1.29, 1.82) is 0 Å². The van der Waals surface area contributed by atoms with Gasteiger partial charge in [0.25, 0.3) is 0 Å². The van der Waals surface area contributed by atoms with Crippen LogP contribution in [0.15, 0.2) is 12.7 Å². The van der Waals surface area contributed by atoms with Crippen LogP contribution in [0.5, 0.6) is 0 Å². The predicted octanol–water partition coefficient (Wildman–Crippen LogP) is 3.45. The maximum atomic E-state index is 11.4. The topological polar surface area (TPSA) is 35.5 Å². The average molecular weight is 258 g/mol. The van der Waals surface area contributed by atoms with E-state index in [1.165, 1.54) is 6.08 Å². The first kappa shape index (κ1) is 16.4. The molecule has 3 nitrogen and oxygen atoms in total. The van der Waals surface area contributed by atoms with Crippen LogP contribution in [-0.4, -0.2) is 26.6 Å². The molecule has 0 N–H and O–H groups in total. The molecule has 0 aliphatic carbocycles. The van der Waals surface area contributed by atoms with E-state index in [0.717, 1.165) is 24.9 Å². The summed E-state index contributed by atoms with van der Waals surface area (Å²) in [6.07, 6.45) is 3.12. The largest absolute Gasteiger partial charge is 0.460 e. The Kier molecular flexibility index (Phi) is 8.17. The van der Waals surface area contributed by atoms with E-state index < -0.39 is 8.32 Å². The van der Waals surface area contributed by atoms with E-state index in [1.54, 1.807) is 0 Å². The van der Waals surface area contributed by atoms with Crippen LogP contribution in [0.4, 0.5) is 0 Å². The fourth-order valence-corrected chi connectivity index (χ4v) is 6.46. The first-order chi connectivity index (χ1) is 8.10. The van der Waals surface area contributed by atoms with Crippen LogP contribution in [0.3, 0.4) is 0 Å². The quantitative estimate of drug-likeness (QED) is 0.361. The number of ether oxygens (including phenoxy) is 1. The third-order valence-electron chi connectivity index (χ3n) is 3.09. The molecule has 2 atom stereocenters. The number of carbonyl (C=O) groups is 1. The molecule has 0 radical (unpaired) electrons. The van der Waals surface area contributed by atoms with E-state index in [-0.39, 0.29) is 11.7 Å². The molecular formula is C13H26O3Si. The smallest absolute Gasteiger partial charge is 0.330 e. The van der Waals surface area contributed by atoms with Crippen molar-refractivity contribution in [3.8, 4) is 0 Å². The maximum Gasteiger partial charge on any atom is 0.330 e. The Bertz CT molecular complexity index is 235. The van der Waals surface area contributed by atoms with Gasteiger partial charge in [-0.05, 0) is 25.4 Å². The van der Waals surface area contributed by atoms with E-state index in [2.05, 4.69) is 20.4 Å². The van der Waals surface area contributed by atoms with E-state index in [0.29, 0.717) is 6.61 Å². The van der Waals surface area contributed by atoms with Gasteiger partial charge in [-0.25, -0.2) is 4.79 Å². The predicted molar refractivity (Wildman–Crippen MR) is 73.3 cm³/mol. The molecule has 0 aromatic carbocycles. The second kappa shape index (κ2) is 8.47. The Morgan fingerprint density at radius 1 is 1.35 bits per heavy atom. The lowest BCUT2D eigenvalue weighted by molar-refractivity contribution is -0.140. The molecule has 0 bridgehead atoms. The van der Waals surface area contributed by atoms with Crippen molar-refractivity contribution in [3.05, 3.63) is 12.7 Å². The summed E-state index contributed by atoms with van der Waals surface area (Å²) >= 11 is 0. The highest BCUT2D eigenvalue weighted by molar-refractivity contribution is 6.75. The molecule has 0 amide bonds. The van der Waals surface area contributed by atoms with Crippen molar-refractivity contribution in [2.24, 2.45) is 0 Å². The molecule has 0 aromatic rings. The molecule has 0 aliphatic heterocycles. The Balaban J connectivity index is 4.92. The van der Waals surface area contributed by atoms with Crippen molar-refractivity contribution in [2.45, 2.75) is 58.4 Å². The normalized spacial score (nSPS) is 16.0. The molecule has 0 rings (SSSR count). The van der Waals surface area contributed by atoms with Crippen molar-refractivity contribution in [2.75, 3.05) is 6.61 Å². The number of esters is 1. The standard InChI is InChI=1S/C13H26O3Si/c1-6-11-17(10-5,15-9-4)13(8-3)16-12(14)7-2/h7,13H,2,6,8-11H2,1,3-5H3. The monoisotopic (exact) mass is 258 g/mol. The minimum Gasteiger partial charge on any atom is -0.460 e. The molecule has 2 unspecified atom stereocenters. The fourth-order valence-electron chi connectivity index (χ4n) is 2.29. The van der Waals surface area contributed by atoms with Crippen molar-refractivity contribution < 1.29 is 14.0 Å². The molecular weight excluding hydrogens is 232 g/mol. The van der Waals surface area contributed by atoms with Gasteiger partial charge in [0.1, 0.15) is 5.73 Å². The lowest BCUT2D eigenvalue weighted by Crippen LogP contribution is -2.51. The van der Waals surface area contributed by atoms with Crippen molar-refractivity contribution >= 4 is 14.3 Å². The lowest BCUT2D eigenvalue weighted by Gasteiger charge is -2.36. The second-order valence-electron chi connectivity index (χ2n) is 4.14. The van der Waals surface area contributed by atoms with Gasteiger partial charge in [-0.15, -0.1) is 0 Å². The molecule has 0 aromatic heterocycles. The number of hydrogen-bond acceptors (Lipinski definition) is 3. The molecule has 100 valence electrons. The van der Waals surface area contributed by atoms with E-state index >= 15 is 0 Å². The molecule has 0 aliphatic rings. The van der Waals surface area contributed by atoms with Gasteiger partial charge in [0.2, 0.25) is 8.32 Å². The second-order valence-corrected chi connectivity index (χ2v) is 8.41. The summed E-state index contributed by atoms with van der Waals surface area (Å²) in [6.45, 7) is 12.5. The van der Waals surface area contributed by atoms with Crippen LogP contribution in [0.25, 0.3) is 0 Å². The van der Waals surface area contributed by atoms with Crippen LogP contribution in [0.2, 0.25) is 12.1 Å². The minimum absolute atomic E-state index is 0.0575. The molecule has 0 heterocycles. The van der Waals surface area contributed by atoms with Gasteiger partial charge in [0.15, 0.2) is 0 Å². The number of rotatable bonds is 9. The third kappa shape index (κ3) is 4.64. The summed E-state index contributed by atoms with van der Waals surface area (Å²) in [5, 5.41) is 0. The number of hydrogen-bond donors (Lipinski definition) is 0. The van der Waals surface area contributed by atoms with Crippen molar-refractivity contribution in [3.63, 3.8) is 0 Å². The minimum atomic E-state index is -1.97. The van der Waals surface area contributed by atoms with E-state index in [9.17, 15) is 4.79 Å². The molecule has 0 fully saturated rings.